The van der Waals surface area contributed by atoms with Crippen LogP contribution in [0, 0.1) is 0 Å². The number of hydrogen-bond donors (Lipinski definition) is 1. The normalized spacial score (nSPS) is 11.1. The molecule has 0 radical (unpaired) electrons. The third-order valence-corrected chi connectivity index (χ3v) is 5.31. The lowest BCUT2D eigenvalue weighted by atomic mass is 10.2. The van der Waals surface area contributed by atoms with Crippen molar-refractivity contribution in [2.24, 2.45) is 4.99 Å². The van der Waals surface area contributed by atoms with E-state index in [2.05, 4.69) is 55.8 Å². The summed E-state index contributed by atoms with van der Waals surface area (Å²) in [6.45, 7) is 5.05. The number of aryl methyl sites for hydroxylation is 1. The van der Waals surface area contributed by atoms with Crippen LogP contribution in [0.1, 0.15) is 23.9 Å². The number of rotatable bonds is 9. The molecule has 1 aromatic carbocycles. The maximum atomic E-state index is 5.23. The molecule has 3 rings (SSSR count). The molecule has 0 saturated carbocycles. The fourth-order valence-electron chi connectivity index (χ4n) is 2.97. The van der Waals surface area contributed by atoms with E-state index in [1.807, 2.05) is 24.3 Å². The number of benzene rings is 1. The van der Waals surface area contributed by atoms with Crippen molar-refractivity contribution < 1.29 is 4.74 Å². The van der Waals surface area contributed by atoms with Gasteiger partial charge in [-0.15, -0.1) is 34.2 Å². The van der Waals surface area contributed by atoms with Crippen molar-refractivity contribution in [2.45, 2.75) is 33.0 Å². The molecule has 0 atom stereocenters. The Balaban J connectivity index is 0.00000320. The quantitative estimate of drug-likeness (QED) is 0.254. The Morgan fingerprint density at radius 2 is 2.03 bits per heavy atom. The van der Waals surface area contributed by atoms with Crippen LogP contribution in [0.5, 0.6) is 5.75 Å². The molecule has 1 N–H and O–H groups in total. The molecular weight excluding hydrogens is 511 g/mol. The second-order valence-corrected chi connectivity index (χ2v) is 7.48. The minimum absolute atomic E-state index is 0. The van der Waals surface area contributed by atoms with Crippen LogP contribution in [0.4, 0.5) is 0 Å². The van der Waals surface area contributed by atoms with E-state index in [0.29, 0.717) is 6.54 Å². The number of aromatic nitrogens is 3. The first-order valence-electron chi connectivity index (χ1n) is 9.69. The van der Waals surface area contributed by atoms with Crippen molar-refractivity contribution in [3.63, 3.8) is 0 Å². The predicted molar refractivity (Wildman–Crippen MR) is 133 cm³/mol. The SMILES string of the molecule is CCc1nncn1CCNC(=NCc1ccc(OC)cc1)N(C)Cc1ccsc1.I. The lowest BCUT2D eigenvalue weighted by Gasteiger charge is -2.22. The molecule has 0 spiro atoms. The molecule has 3 aromatic rings. The van der Waals surface area contributed by atoms with Crippen LogP contribution in [0.25, 0.3) is 0 Å². The summed E-state index contributed by atoms with van der Waals surface area (Å²) in [5.74, 6) is 2.72. The van der Waals surface area contributed by atoms with Gasteiger partial charge >= 0.3 is 0 Å². The van der Waals surface area contributed by atoms with E-state index in [-0.39, 0.29) is 24.0 Å². The summed E-state index contributed by atoms with van der Waals surface area (Å²) in [5.41, 5.74) is 2.42. The third kappa shape index (κ3) is 6.98. The highest BCUT2D eigenvalue weighted by Crippen LogP contribution is 2.13. The second kappa shape index (κ2) is 12.5. The standard InChI is InChI=1S/C21H28N6OS.HI/c1-4-20-25-24-16-27(20)11-10-22-21(26(2)14-18-9-12-29-15-18)23-13-17-5-7-19(28-3)8-6-17;/h5-9,12,15-16H,4,10-11,13-14H2,1-3H3,(H,22,23);1H. The first-order chi connectivity index (χ1) is 14.2. The van der Waals surface area contributed by atoms with Crippen LogP contribution < -0.4 is 10.1 Å². The van der Waals surface area contributed by atoms with E-state index in [9.17, 15) is 0 Å². The zero-order chi connectivity index (χ0) is 20.5. The Hall–Kier alpha value is -2.14. The lowest BCUT2D eigenvalue weighted by Crippen LogP contribution is -2.40. The van der Waals surface area contributed by atoms with Gasteiger partial charge in [-0.1, -0.05) is 19.1 Å². The zero-order valence-electron chi connectivity index (χ0n) is 17.6. The number of ether oxygens (including phenoxy) is 1. The molecule has 2 heterocycles. The highest BCUT2D eigenvalue weighted by atomic mass is 127. The summed E-state index contributed by atoms with van der Waals surface area (Å²) in [6.07, 6.45) is 2.65. The van der Waals surface area contributed by atoms with Crippen molar-refractivity contribution in [2.75, 3.05) is 20.7 Å². The number of guanidine groups is 1. The van der Waals surface area contributed by atoms with Gasteiger partial charge < -0.3 is 19.5 Å². The largest absolute Gasteiger partial charge is 0.497 e. The van der Waals surface area contributed by atoms with Crippen molar-refractivity contribution in [3.05, 3.63) is 64.4 Å². The van der Waals surface area contributed by atoms with Gasteiger partial charge in [0, 0.05) is 33.1 Å². The Morgan fingerprint density at radius 1 is 1.23 bits per heavy atom. The molecule has 9 heteroatoms. The first kappa shape index (κ1) is 24.1. The van der Waals surface area contributed by atoms with E-state index in [4.69, 9.17) is 9.73 Å². The summed E-state index contributed by atoms with van der Waals surface area (Å²) in [6, 6.07) is 10.2. The predicted octanol–water partition coefficient (Wildman–Crippen LogP) is 3.81. The molecule has 0 unspecified atom stereocenters. The van der Waals surface area contributed by atoms with E-state index >= 15 is 0 Å². The molecule has 0 amide bonds. The van der Waals surface area contributed by atoms with Gasteiger partial charge in [0.15, 0.2) is 5.96 Å². The smallest absolute Gasteiger partial charge is 0.194 e. The maximum Gasteiger partial charge on any atom is 0.194 e. The van der Waals surface area contributed by atoms with Crippen LogP contribution in [-0.2, 0) is 26.1 Å². The first-order valence-corrected chi connectivity index (χ1v) is 10.6. The minimum atomic E-state index is 0. The summed E-state index contributed by atoms with van der Waals surface area (Å²) in [4.78, 5) is 7.00. The minimum Gasteiger partial charge on any atom is -0.497 e. The number of nitrogens with zero attached hydrogens (tertiary/aromatic N) is 5. The molecule has 7 nitrogen and oxygen atoms in total. The molecule has 0 aliphatic rings. The van der Waals surface area contributed by atoms with Crippen molar-refractivity contribution in [3.8, 4) is 5.75 Å². The molecule has 2 aromatic heterocycles. The van der Waals surface area contributed by atoms with Crippen molar-refractivity contribution in [1.29, 1.82) is 0 Å². The Bertz CT molecular complexity index is 895. The van der Waals surface area contributed by atoms with Gasteiger partial charge in [0.05, 0.1) is 13.7 Å². The maximum absolute atomic E-state index is 5.23. The van der Waals surface area contributed by atoms with E-state index < -0.39 is 0 Å². The van der Waals surface area contributed by atoms with Crippen molar-refractivity contribution in [1.82, 2.24) is 25.0 Å². The molecule has 30 heavy (non-hydrogen) atoms. The fraction of sp³-hybridized carbons (Fsp3) is 0.381. The number of methoxy groups -OCH3 is 1. The number of thiophene rings is 1. The molecule has 0 bridgehead atoms. The number of halogens is 1. The van der Waals surface area contributed by atoms with Crippen LogP contribution in [0.2, 0.25) is 0 Å². The van der Waals surface area contributed by atoms with E-state index in [1.165, 1.54) is 5.56 Å². The summed E-state index contributed by atoms with van der Waals surface area (Å²) >= 11 is 1.71. The second-order valence-electron chi connectivity index (χ2n) is 6.70. The van der Waals surface area contributed by atoms with Gasteiger partial charge in [-0.2, -0.15) is 11.3 Å². The Kier molecular flexibility index (Phi) is 10.1. The monoisotopic (exact) mass is 540 g/mol. The van der Waals surface area contributed by atoms with Gasteiger partial charge in [0.25, 0.3) is 0 Å². The Morgan fingerprint density at radius 3 is 2.70 bits per heavy atom. The molecule has 0 fully saturated rings. The van der Waals surface area contributed by atoms with Gasteiger partial charge in [0.2, 0.25) is 0 Å². The summed E-state index contributed by atoms with van der Waals surface area (Å²) in [7, 11) is 3.74. The van der Waals surface area contributed by atoms with Gasteiger partial charge in [0.1, 0.15) is 17.9 Å². The molecule has 0 aliphatic heterocycles. The van der Waals surface area contributed by atoms with Gasteiger partial charge in [-0.3, -0.25) is 0 Å². The number of hydrogen-bond acceptors (Lipinski definition) is 5. The van der Waals surface area contributed by atoms with E-state index in [1.54, 1.807) is 24.8 Å². The van der Waals surface area contributed by atoms with Gasteiger partial charge in [-0.05, 0) is 40.1 Å². The van der Waals surface area contributed by atoms with E-state index in [0.717, 1.165) is 49.2 Å². The van der Waals surface area contributed by atoms with Crippen molar-refractivity contribution >= 4 is 41.3 Å². The highest BCUT2D eigenvalue weighted by Gasteiger charge is 2.09. The molecule has 162 valence electrons. The molecule has 0 saturated heterocycles. The topological polar surface area (TPSA) is 67.6 Å². The van der Waals surface area contributed by atoms with Crippen LogP contribution >= 0.6 is 35.3 Å². The summed E-state index contributed by atoms with van der Waals surface area (Å²) < 4.78 is 7.31. The average Bonchev–Trinajstić information content (AvgIpc) is 3.42. The van der Waals surface area contributed by atoms with Crippen LogP contribution in [0.3, 0.4) is 0 Å². The summed E-state index contributed by atoms with van der Waals surface area (Å²) in [5, 5.41) is 15.9. The molecular formula is C21H29IN6OS. The third-order valence-electron chi connectivity index (χ3n) is 4.58. The zero-order valence-corrected chi connectivity index (χ0v) is 20.8. The Labute approximate surface area is 199 Å². The average molecular weight is 540 g/mol. The molecule has 0 aliphatic carbocycles. The van der Waals surface area contributed by atoms with Gasteiger partial charge in [-0.25, -0.2) is 4.99 Å². The highest BCUT2D eigenvalue weighted by molar-refractivity contribution is 14.0. The van der Waals surface area contributed by atoms with Crippen LogP contribution in [0.15, 0.2) is 52.4 Å². The van der Waals surface area contributed by atoms with Crippen LogP contribution in [-0.4, -0.2) is 46.3 Å². The fourth-order valence-corrected chi connectivity index (χ4v) is 3.63. The number of nitrogens with one attached hydrogen (secondary N) is 1. The number of aliphatic imine (C=N–C) groups is 1. The lowest BCUT2D eigenvalue weighted by molar-refractivity contribution is 0.414.